The highest BCUT2D eigenvalue weighted by Crippen LogP contribution is 2.31. The minimum atomic E-state index is -2.89. The number of unbranched alkanes of at least 4 members (excludes halogenated alkanes) is 8. The standard InChI is InChI=1S/C27H45NO5S2/c1-22(2)21-35(32,33)20-13-9-7-5-4-6-8-10-17-25(29)28-27-23(3)15-14-16-24(27)34-19-12-11-18-26(30)31/h14-16,22H,4-13,17-21H2,1-3H3,(H,28,29)(H,30,31). The van der Waals surface area contributed by atoms with Crippen LogP contribution in [0.4, 0.5) is 5.69 Å². The second kappa shape index (κ2) is 17.8. The Morgan fingerprint density at radius 1 is 0.914 bits per heavy atom. The summed E-state index contributed by atoms with van der Waals surface area (Å²) in [4.78, 5) is 24.2. The van der Waals surface area contributed by atoms with Gasteiger partial charge in [0.15, 0.2) is 9.84 Å². The van der Waals surface area contributed by atoms with Crippen molar-refractivity contribution in [1.29, 1.82) is 0 Å². The second-order valence-corrected chi connectivity index (χ2v) is 13.1. The molecule has 0 aliphatic carbocycles. The zero-order valence-electron chi connectivity index (χ0n) is 21.8. The molecule has 0 spiro atoms. The van der Waals surface area contributed by atoms with E-state index in [1.54, 1.807) is 11.8 Å². The van der Waals surface area contributed by atoms with Crippen LogP contribution in [0.3, 0.4) is 0 Å². The lowest BCUT2D eigenvalue weighted by Crippen LogP contribution is -2.15. The molecule has 0 saturated heterocycles. The highest BCUT2D eigenvalue weighted by Gasteiger charge is 2.12. The SMILES string of the molecule is Cc1cccc(SCCCCC(=O)O)c1NC(=O)CCCCCCCCCCS(=O)(=O)CC(C)C. The molecule has 0 unspecified atom stereocenters. The van der Waals surface area contributed by atoms with Crippen molar-refractivity contribution < 1.29 is 23.1 Å². The van der Waals surface area contributed by atoms with Crippen LogP contribution in [0.15, 0.2) is 23.1 Å². The Kier molecular flexibility index (Phi) is 16.0. The Morgan fingerprint density at radius 3 is 2.14 bits per heavy atom. The Labute approximate surface area is 217 Å². The zero-order chi connectivity index (χ0) is 26.1. The van der Waals surface area contributed by atoms with Gasteiger partial charge >= 0.3 is 5.97 Å². The van der Waals surface area contributed by atoms with Gasteiger partial charge in [0.25, 0.3) is 0 Å². The first-order valence-corrected chi connectivity index (χ1v) is 15.9. The van der Waals surface area contributed by atoms with E-state index in [9.17, 15) is 18.0 Å². The van der Waals surface area contributed by atoms with Gasteiger partial charge in [0.2, 0.25) is 5.91 Å². The second-order valence-electron chi connectivity index (χ2n) is 9.78. The van der Waals surface area contributed by atoms with Gasteiger partial charge in [-0.15, -0.1) is 11.8 Å². The van der Waals surface area contributed by atoms with Gasteiger partial charge in [0.1, 0.15) is 0 Å². The number of carboxylic acid groups (broad SMARTS) is 1. The minimum Gasteiger partial charge on any atom is -0.481 e. The Morgan fingerprint density at radius 2 is 1.51 bits per heavy atom. The van der Waals surface area contributed by atoms with E-state index in [1.807, 2.05) is 39.0 Å². The van der Waals surface area contributed by atoms with Crippen molar-refractivity contribution in [2.24, 2.45) is 5.92 Å². The fourth-order valence-corrected chi connectivity index (χ4v) is 6.87. The molecule has 0 aliphatic rings. The van der Waals surface area contributed by atoms with Crippen molar-refractivity contribution >= 4 is 39.2 Å². The molecule has 0 bridgehead atoms. The average molecular weight is 528 g/mol. The molecule has 0 aromatic heterocycles. The number of aliphatic carboxylic acids is 1. The number of para-hydroxylation sites is 1. The van der Waals surface area contributed by atoms with E-state index in [4.69, 9.17) is 5.11 Å². The Bertz CT molecular complexity index is 868. The summed E-state index contributed by atoms with van der Waals surface area (Å²) in [5.74, 6) is 0.901. The number of rotatable bonds is 20. The van der Waals surface area contributed by atoms with Gasteiger partial charge in [0.05, 0.1) is 17.2 Å². The van der Waals surface area contributed by atoms with Gasteiger partial charge in [-0.1, -0.05) is 64.5 Å². The Hall–Kier alpha value is -1.54. The molecule has 1 amide bonds. The molecule has 1 rings (SSSR count). The van der Waals surface area contributed by atoms with E-state index in [1.165, 1.54) is 0 Å². The van der Waals surface area contributed by atoms with Crippen molar-refractivity contribution in [3.8, 4) is 0 Å². The maximum Gasteiger partial charge on any atom is 0.303 e. The number of hydrogen-bond donors (Lipinski definition) is 2. The van der Waals surface area contributed by atoms with Crippen LogP contribution in [0, 0.1) is 12.8 Å². The van der Waals surface area contributed by atoms with E-state index < -0.39 is 15.8 Å². The number of hydrogen-bond acceptors (Lipinski definition) is 5. The number of carboxylic acids is 1. The first kappa shape index (κ1) is 31.5. The normalized spacial score (nSPS) is 11.7. The number of anilines is 1. The van der Waals surface area contributed by atoms with Crippen molar-refractivity contribution in [2.75, 3.05) is 22.6 Å². The summed E-state index contributed by atoms with van der Waals surface area (Å²) in [6, 6.07) is 5.98. The highest BCUT2D eigenvalue weighted by molar-refractivity contribution is 7.99. The average Bonchev–Trinajstić information content (AvgIpc) is 2.75. The van der Waals surface area contributed by atoms with Gasteiger partial charge in [-0.2, -0.15) is 0 Å². The lowest BCUT2D eigenvalue weighted by atomic mass is 10.1. The van der Waals surface area contributed by atoms with Crippen LogP contribution in [-0.4, -0.2) is 42.7 Å². The lowest BCUT2D eigenvalue weighted by Gasteiger charge is -2.13. The molecule has 8 heteroatoms. The minimum absolute atomic E-state index is 0.0367. The molecule has 35 heavy (non-hydrogen) atoms. The predicted octanol–water partition coefficient (Wildman–Crippen LogP) is 6.86. The molecular weight excluding hydrogens is 482 g/mol. The topological polar surface area (TPSA) is 101 Å². The van der Waals surface area contributed by atoms with Crippen molar-refractivity contribution in [3.05, 3.63) is 23.8 Å². The number of benzene rings is 1. The summed E-state index contributed by atoms with van der Waals surface area (Å²) >= 11 is 1.66. The summed E-state index contributed by atoms with van der Waals surface area (Å²) in [5.41, 5.74) is 1.90. The van der Waals surface area contributed by atoms with Crippen molar-refractivity contribution in [1.82, 2.24) is 0 Å². The Balaban J connectivity index is 2.19. The third-order valence-electron chi connectivity index (χ3n) is 5.74. The van der Waals surface area contributed by atoms with Crippen LogP contribution < -0.4 is 5.32 Å². The van der Waals surface area contributed by atoms with Gasteiger partial charge in [0, 0.05) is 17.7 Å². The molecule has 0 saturated carbocycles. The monoisotopic (exact) mass is 527 g/mol. The lowest BCUT2D eigenvalue weighted by molar-refractivity contribution is -0.137. The van der Waals surface area contributed by atoms with Gasteiger partial charge in [-0.25, -0.2) is 8.42 Å². The quantitative estimate of drug-likeness (QED) is 0.142. The number of carbonyl (C=O) groups is 2. The molecule has 1 aromatic rings. The van der Waals surface area contributed by atoms with Gasteiger partial charge in [-0.3, -0.25) is 9.59 Å². The predicted molar refractivity (Wildman–Crippen MR) is 147 cm³/mol. The van der Waals surface area contributed by atoms with E-state index in [0.29, 0.717) is 24.3 Å². The van der Waals surface area contributed by atoms with E-state index >= 15 is 0 Å². The van der Waals surface area contributed by atoms with Gasteiger partial charge < -0.3 is 10.4 Å². The fraction of sp³-hybridized carbons (Fsp3) is 0.704. The molecule has 2 N–H and O–H groups in total. The molecule has 0 aliphatic heterocycles. The molecule has 200 valence electrons. The van der Waals surface area contributed by atoms with Crippen LogP contribution in [0.5, 0.6) is 0 Å². The molecular formula is C27H45NO5S2. The number of thioether (sulfide) groups is 1. The van der Waals surface area contributed by atoms with E-state index in [-0.39, 0.29) is 18.2 Å². The summed E-state index contributed by atoms with van der Waals surface area (Å²) in [6.45, 7) is 5.87. The first-order valence-electron chi connectivity index (χ1n) is 13.0. The van der Waals surface area contributed by atoms with Crippen LogP contribution in [0.25, 0.3) is 0 Å². The zero-order valence-corrected chi connectivity index (χ0v) is 23.4. The summed E-state index contributed by atoms with van der Waals surface area (Å²) in [5, 5.41) is 11.8. The van der Waals surface area contributed by atoms with Crippen LogP contribution in [-0.2, 0) is 19.4 Å². The van der Waals surface area contributed by atoms with E-state index in [0.717, 1.165) is 79.7 Å². The number of nitrogens with one attached hydrogen (secondary N) is 1. The maximum absolute atomic E-state index is 12.5. The van der Waals surface area contributed by atoms with Crippen molar-refractivity contribution in [3.63, 3.8) is 0 Å². The van der Waals surface area contributed by atoms with Crippen molar-refractivity contribution in [2.45, 2.75) is 103 Å². The maximum atomic E-state index is 12.5. The largest absolute Gasteiger partial charge is 0.481 e. The number of sulfone groups is 1. The van der Waals surface area contributed by atoms with Crippen LogP contribution in [0.2, 0.25) is 0 Å². The molecule has 0 heterocycles. The number of carbonyl (C=O) groups excluding carboxylic acids is 1. The highest BCUT2D eigenvalue weighted by atomic mass is 32.2. The third-order valence-corrected chi connectivity index (χ3v) is 8.97. The molecule has 6 nitrogen and oxygen atoms in total. The summed E-state index contributed by atoms with van der Waals surface area (Å²) < 4.78 is 23.8. The van der Waals surface area contributed by atoms with Gasteiger partial charge in [-0.05, 0) is 55.9 Å². The number of amides is 1. The van der Waals surface area contributed by atoms with Crippen LogP contribution in [0.1, 0.15) is 96.5 Å². The smallest absolute Gasteiger partial charge is 0.303 e. The fourth-order valence-electron chi connectivity index (χ4n) is 3.94. The van der Waals surface area contributed by atoms with Crippen LogP contribution >= 0.6 is 11.8 Å². The third kappa shape index (κ3) is 15.9. The molecule has 0 fully saturated rings. The van der Waals surface area contributed by atoms with E-state index in [2.05, 4.69) is 5.32 Å². The first-order chi connectivity index (χ1) is 16.6. The summed E-state index contributed by atoms with van der Waals surface area (Å²) in [6.07, 6.45) is 10.2. The molecule has 0 atom stereocenters. The summed E-state index contributed by atoms with van der Waals surface area (Å²) in [7, 11) is -2.89. The molecule has 1 aromatic carbocycles. The molecule has 0 radical (unpaired) electrons. The number of aryl methyl sites for hydroxylation is 1.